The van der Waals surface area contributed by atoms with Gasteiger partial charge in [-0.1, -0.05) is 30.5 Å². The summed E-state index contributed by atoms with van der Waals surface area (Å²) in [4.78, 5) is 16.9. The highest BCUT2D eigenvalue weighted by Crippen LogP contribution is 2.29. The first kappa shape index (κ1) is 13.5. The predicted octanol–water partition coefficient (Wildman–Crippen LogP) is 3.74. The number of anilines is 1. The van der Waals surface area contributed by atoms with Gasteiger partial charge in [0, 0.05) is 25.3 Å². The van der Waals surface area contributed by atoms with Crippen molar-refractivity contribution < 1.29 is 4.79 Å². The molecule has 0 saturated carbocycles. The lowest BCUT2D eigenvalue weighted by molar-refractivity contribution is 0.206. The van der Waals surface area contributed by atoms with Gasteiger partial charge in [-0.25, -0.2) is 4.79 Å². The Morgan fingerprint density at radius 1 is 1.00 bits per heavy atom. The van der Waals surface area contributed by atoms with Crippen molar-refractivity contribution in [2.45, 2.75) is 45.4 Å². The van der Waals surface area contributed by atoms with E-state index < -0.39 is 0 Å². The van der Waals surface area contributed by atoms with Gasteiger partial charge in [0.25, 0.3) is 0 Å². The van der Waals surface area contributed by atoms with Crippen LogP contribution in [-0.2, 0) is 6.42 Å². The van der Waals surface area contributed by atoms with E-state index in [0.717, 1.165) is 51.0 Å². The Bertz CT molecular complexity index is 490. The summed E-state index contributed by atoms with van der Waals surface area (Å²) in [5.74, 6) is 0. The van der Waals surface area contributed by atoms with Crippen LogP contribution >= 0.6 is 0 Å². The predicted molar refractivity (Wildman–Crippen MR) is 82.3 cm³/mol. The van der Waals surface area contributed by atoms with Gasteiger partial charge in [-0.2, -0.15) is 0 Å². The zero-order valence-corrected chi connectivity index (χ0v) is 12.4. The molecule has 0 aliphatic carbocycles. The largest absolute Gasteiger partial charge is 0.324 e. The molecule has 0 unspecified atom stereocenters. The summed E-state index contributed by atoms with van der Waals surface area (Å²) in [6, 6.07) is 6.69. The summed E-state index contributed by atoms with van der Waals surface area (Å²) in [7, 11) is 0. The molecular formula is C17H24N2O. The molecule has 1 saturated heterocycles. The Hall–Kier alpha value is -1.51. The fourth-order valence-electron chi connectivity index (χ4n) is 3.36. The first-order valence-corrected chi connectivity index (χ1v) is 7.92. The van der Waals surface area contributed by atoms with Crippen LogP contribution in [0.15, 0.2) is 18.2 Å². The first-order valence-electron chi connectivity index (χ1n) is 7.92. The molecule has 3 nitrogen and oxygen atoms in total. The normalized spacial score (nSPS) is 19.4. The van der Waals surface area contributed by atoms with Crippen molar-refractivity contribution in [3.63, 3.8) is 0 Å². The number of carbonyl (C=O) groups excluding carboxylic acids is 1. The lowest BCUT2D eigenvalue weighted by Crippen LogP contribution is -2.45. The summed E-state index contributed by atoms with van der Waals surface area (Å²) in [5.41, 5.74) is 3.75. The van der Waals surface area contributed by atoms with Gasteiger partial charge in [0.15, 0.2) is 0 Å². The average Bonchev–Trinajstić information content (AvgIpc) is 2.74. The van der Waals surface area contributed by atoms with Gasteiger partial charge in [-0.05, 0) is 44.2 Å². The second kappa shape index (κ2) is 5.86. The third kappa shape index (κ3) is 2.67. The zero-order chi connectivity index (χ0) is 13.9. The van der Waals surface area contributed by atoms with E-state index in [9.17, 15) is 4.79 Å². The first-order chi connectivity index (χ1) is 9.75. The number of urea groups is 1. The molecule has 3 rings (SSSR count). The van der Waals surface area contributed by atoms with Crippen LogP contribution in [0.5, 0.6) is 0 Å². The van der Waals surface area contributed by atoms with E-state index in [1.807, 2.05) is 4.90 Å². The number of hydrogen-bond acceptors (Lipinski definition) is 1. The van der Waals surface area contributed by atoms with Crippen LogP contribution in [-0.4, -0.2) is 30.6 Å². The number of aryl methyl sites for hydroxylation is 2. The monoisotopic (exact) mass is 272 g/mol. The van der Waals surface area contributed by atoms with Crippen LogP contribution in [0.1, 0.15) is 43.2 Å². The standard InChI is InChI=1S/C17H24N2O/c1-14-8-9-16-15(13-14)7-6-12-19(16)17(20)18-10-4-2-3-5-11-18/h8-9,13H,2-7,10-12H2,1H3. The number of likely N-dealkylation sites (tertiary alicyclic amines) is 1. The molecule has 2 aliphatic rings. The third-order valence-electron chi connectivity index (χ3n) is 4.46. The average molecular weight is 272 g/mol. The highest BCUT2D eigenvalue weighted by Gasteiger charge is 2.26. The van der Waals surface area contributed by atoms with E-state index >= 15 is 0 Å². The fraction of sp³-hybridized carbons (Fsp3) is 0.588. The van der Waals surface area contributed by atoms with E-state index in [1.54, 1.807) is 0 Å². The van der Waals surface area contributed by atoms with Crippen LogP contribution in [0.4, 0.5) is 10.5 Å². The van der Waals surface area contributed by atoms with E-state index in [2.05, 4.69) is 30.0 Å². The van der Waals surface area contributed by atoms with Gasteiger partial charge >= 0.3 is 6.03 Å². The quantitative estimate of drug-likeness (QED) is 0.705. The molecular weight excluding hydrogens is 248 g/mol. The molecule has 108 valence electrons. The summed E-state index contributed by atoms with van der Waals surface area (Å²) in [5, 5.41) is 0. The molecule has 2 aliphatic heterocycles. The number of hydrogen-bond donors (Lipinski definition) is 0. The third-order valence-corrected chi connectivity index (χ3v) is 4.46. The van der Waals surface area contributed by atoms with Crippen LogP contribution in [0, 0.1) is 6.92 Å². The molecule has 0 aromatic heterocycles. The Labute approximate surface area is 121 Å². The van der Waals surface area contributed by atoms with Crippen molar-refractivity contribution in [3.05, 3.63) is 29.3 Å². The second-order valence-corrected chi connectivity index (χ2v) is 6.07. The SMILES string of the molecule is Cc1ccc2c(c1)CCCN2C(=O)N1CCCCCC1. The van der Waals surface area contributed by atoms with Crippen LogP contribution < -0.4 is 4.90 Å². The summed E-state index contributed by atoms with van der Waals surface area (Å²) in [6.07, 6.45) is 7.01. The number of nitrogens with zero attached hydrogens (tertiary/aromatic N) is 2. The molecule has 0 atom stereocenters. The molecule has 1 aromatic carbocycles. The molecule has 2 amide bonds. The van der Waals surface area contributed by atoms with E-state index in [1.165, 1.54) is 24.0 Å². The van der Waals surface area contributed by atoms with E-state index in [0.29, 0.717) is 0 Å². The number of benzene rings is 1. The molecule has 1 fully saturated rings. The lowest BCUT2D eigenvalue weighted by atomic mass is 10.00. The Balaban J connectivity index is 1.82. The lowest BCUT2D eigenvalue weighted by Gasteiger charge is -2.34. The Kier molecular flexibility index (Phi) is 3.95. The van der Waals surface area contributed by atoms with Gasteiger partial charge in [0.2, 0.25) is 0 Å². The molecule has 0 radical (unpaired) electrons. The Morgan fingerprint density at radius 2 is 1.75 bits per heavy atom. The molecule has 1 aromatic rings. The van der Waals surface area contributed by atoms with Gasteiger partial charge in [-0.15, -0.1) is 0 Å². The van der Waals surface area contributed by atoms with E-state index in [4.69, 9.17) is 0 Å². The van der Waals surface area contributed by atoms with Crippen LogP contribution in [0.2, 0.25) is 0 Å². The van der Waals surface area contributed by atoms with Gasteiger partial charge < -0.3 is 4.90 Å². The molecule has 20 heavy (non-hydrogen) atoms. The molecule has 0 bridgehead atoms. The Morgan fingerprint density at radius 3 is 2.50 bits per heavy atom. The van der Waals surface area contributed by atoms with Crippen molar-refractivity contribution in [1.29, 1.82) is 0 Å². The van der Waals surface area contributed by atoms with Crippen LogP contribution in [0.25, 0.3) is 0 Å². The maximum Gasteiger partial charge on any atom is 0.324 e. The summed E-state index contributed by atoms with van der Waals surface area (Å²) in [6.45, 7) is 4.84. The number of amides is 2. The minimum Gasteiger partial charge on any atom is -0.324 e. The number of rotatable bonds is 0. The van der Waals surface area contributed by atoms with E-state index in [-0.39, 0.29) is 6.03 Å². The van der Waals surface area contributed by atoms with Gasteiger partial charge in [0.1, 0.15) is 0 Å². The van der Waals surface area contributed by atoms with Crippen molar-refractivity contribution in [1.82, 2.24) is 4.90 Å². The van der Waals surface area contributed by atoms with Crippen molar-refractivity contribution in [3.8, 4) is 0 Å². The minimum atomic E-state index is 0.219. The molecule has 0 N–H and O–H groups in total. The topological polar surface area (TPSA) is 23.6 Å². The smallest absolute Gasteiger partial charge is 0.324 e. The minimum absolute atomic E-state index is 0.219. The molecule has 2 heterocycles. The second-order valence-electron chi connectivity index (χ2n) is 6.07. The van der Waals surface area contributed by atoms with Gasteiger partial charge in [0.05, 0.1) is 0 Å². The van der Waals surface area contributed by atoms with Crippen LogP contribution in [0.3, 0.4) is 0 Å². The molecule has 0 spiro atoms. The van der Waals surface area contributed by atoms with Crippen molar-refractivity contribution in [2.24, 2.45) is 0 Å². The maximum absolute atomic E-state index is 12.8. The fourth-order valence-corrected chi connectivity index (χ4v) is 3.36. The highest BCUT2D eigenvalue weighted by molar-refractivity contribution is 5.93. The van der Waals surface area contributed by atoms with Gasteiger partial charge in [-0.3, -0.25) is 4.90 Å². The number of fused-ring (bicyclic) bond motifs is 1. The van der Waals surface area contributed by atoms with Crippen molar-refractivity contribution >= 4 is 11.7 Å². The van der Waals surface area contributed by atoms with Crippen molar-refractivity contribution in [2.75, 3.05) is 24.5 Å². The highest BCUT2D eigenvalue weighted by atomic mass is 16.2. The molecule has 3 heteroatoms. The zero-order valence-electron chi connectivity index (χ0n) is 12.4. The summed E-state index contributed by atoms with van der Waals surface area (Å²) >= 11 is 0. The maximum atomic E-state index is 12.8. The summed E-state index contributed by atoms with van der Waals surface area (Å²) < 4.78 is 0. The number of carbonyl (C=O) groups is 1.